The Bertz CT molecular complexity index is 894. The first kappa shape index (κ1) is 28.7. The first-order valence-corrected chi connectivity index (χ1v) is 11.3. The number of benzene rings is 1. The average molecular weight is 479 g/mol. The fourth-order valence-electron chi connectivity index (χ4n) is 3.34. The van der Waals surface area contributed by atoms with Crippen molar-refractivity contribution < 1.29 is 29.0 Å². The summed E-state index contributed by atoms with van der Waals surface area (Å²) < 4.78 is 5.27. The van der Waals surface area contributed by atoms with Gasteiger partial charge in [-0.15, -0.1) is 0 Å². The molecular formula is C24H38N4O6. The summed E-state index contributed by atoms with van der Waals surface area (Å²) in [6.07, 6.45) is -1.03. The fraction of sp³-hybridized carbons (Fsp3) is 0.583. The largest absolute Gasteiger partial charge is 0.508 e. The zero-order valence-corrected chi connectivity index (χ0v) is 21.1. The Morgan fingerprint density at radius 1 is 1.15 bits per heavy atom. The van der Waals surface area contributed by atoms with E-state index in [1.54, 1.807) is 60.6 Å². The number of hydrogen-bond acceptors (Lipinski definition) is 6. The molecule has 190 valence electrons. The quantitative estimate of drug-likeness (QED) is 0.405. The van der Waals surface area contributed by atoms with Gasteiger partial charge >= 0.3 is 6.09 Å². The smallest absolute Gasteiger partial charge is 0.408 e. The van der Waals surface area contributed by atoms with Crippen molar-refractivity contribution in [3.8, 4) is 5.75 Å². The molecule has 1 aromatic carbocycles. The molecule has 2 atom stereocenters. The van der Waals surface area contributed by atoms with Crippen LogP contribution in [0.3, 0.4) is 0 Å². The summed E-state index contributed by atoms with van der Waals surface area (Å²) in [4.78, 5) is 51.9. The number of carbonyl (C=O) groups is 4. The summed E-state index contributed by atoms with van der Waals surface area (Å²) in [7, 11) is 0. The monoisotopic (exact) mass is 478 g/mol. The van der Waals surface area contributed by atoms with Crippen molar-refractivity contribution in [2.24, 2.45) is 5.73 Å². The molecule has 0 radical (unpaired) electrons. The molecule has 0 saturated heterocycles. The third kappa shape index (κ3) is 8.92. The van der Waals surface area contributed by atoms with Crippen molar-refractivity contribution in [3.05, 3.63) is 29.3 Å². The first-order valence-electron chi connectivity index (χ1n) is 11.3. The molecule has 34 heavy (non-hydrogen) atoms. The lowest BCUT2D eigenvalue weighted by atomic mass is 9.99. The van der Waals surface area contributed by atoms with Gasteiger partial charge in [0.1, 0.15) is 23.4 Å². The van der Waals surface area contributed by atoms with E-state index in [9.17, 15) is 24.3 Å². The third-order valence-electron chi connectivity index (χ3n) is 4.82. The molecule has 0 aliphatic rings. The summed E-state index contributed by atoms with van der Waals surface area (Å²) in [6.45, 7) is 12.2. The molecule has 0 fully saturated rings. The van der Waals surface area contributed by atoms with Crippen molar-refractivity contribution in [2.75, 3.05) is 6.54 Å². The van der Waals surface area contributed by atoms with Crippen LogP contribution in [-0.2, 0) is 19.1 Å². The molecular weight excluding hydrogens is 440 g/mol. The SMILES string of the molecule is CCN(C(=O)C(CCC(N)=O)NC(=O)OC(C)(C)C)C(C(=O)NC(C)C)c1ccc(O)c(C)c1. The normalized spacial score (nSPS) is 13.1. The summed E-state index contributed by atoms with van der Waals surface area (Å²) in [5.41, 5.74) is 5.51. The van der Waals surface area contributed by atoms with Gasteiger partial charge in [-0.05, 0) is 78.1 Å². The van der Waals surface area contributed by atoms with E-state index in [0.717, 1.165) is 0 Å². The lowest BCUT2D eigenvalue weighted by molar-refractivity contribution is -0.142. The predicted molar refractivity (Wildman–Crippen MR) is 128 cm³/mol. The van der Waals surface area contributed by atoms with Crippen LogP contribution in [0, 0.1) is 6.92 Å². The Hall–Kier alpha value is -3.30. The van der Waals surface area contributed by atoms with Gasteiger partial charge in [-0.3, -0.25) is 14.4 Å². The number of aryl methyl sites for hydroxylation is 1. The summed E-state index contributed by atoms with van der Waals surface area (Å²) in [5.74, 6) is -1.55. The zero-order valence-electron chi connectivity index (χ0n) is 21.1. The van der Waals surface area contributed by atoms with Gasteiger partial charge in [-0.25, -0.2) is 4.79 Å². The second kappa shape index (κ2) is 12.2. The minimum absolute atomic E-state index is 0.0585. The number of primary amides is 1. The molecule has 0 bridgehead atoms. The van der Waals surface area contributed by atoms with Gasteiger partial charge in [-0.2, -0.15) is 0 Å². The highest BCUT2D eigenvalue weighted by Crippen LogP contribution is 2.27. The topological polar surface area (TPSA) is 151 Å². The van der Waals surface area contributed by atoms with Crippen LogP contribution in [0.5, 0.6) is 5.75 Å². The van der Waals surface area contributed by atoms with E-state index < -0.39 is 41.5 Å². The number of hydrogen-bond donors (Lipinski definition) is 4. The Morgan fingerprint density at radius 3 is 2.24 bits per heavy atom. The number of ether oxygens (including phenoxy) is 1. The Kier molecular flexibility index (Phi) is 10.3. The van der Waals surface area contributed by atoms with Gasteiger partial charge < -0.3 is 31.1 Å². The van der Waals surface area contributed by atoms with Crippen molar-refractivity contribution in [1.82, 2.24) is 15.5 Å². The van der Waals surface area contributed by atoms with Crippen LogP contribution in [0.1, 0.15) is 71.6 Å². The molecule has 0 heterocycles. The second-order valence-electron chi connectivity index (χ2n) is 9.44. The van der Waals surface area contributed by atoms with Gasteiger partial charge in [0.25, 0.3) is 0 Å². The van der Waals surface area contributed by atoms with E-state index in [1.807, 2.05) is 0 Å². The van der Waals surface area contributed by atoms with E-state index in [-0.39, 0.29) is 31.2 Å². The Morgan fingerprint density at radius 2 is 1.76 bits per heavy atom. The molecule has 1 aromatic rings. The number of phenols is 1. The molecule has 2 unspecified atom stereocenters. The number of nitrogens with one attached hydrogen (secondary N) is 2. The molecule has 0 saturated carbocycles. The highest BCUT2D eigenvalue weighted by Gasteiger charge is 2.36. The van der Waals surface area contributed by atoms with Crippen LogP contribution in [0.25, 0.3) is 0 Å². The third-order valence-corrected chi connectivity index (χ3v) is 4.82. The van der Waals surface area contributed by atoms with Crippen molar-refractivity contribution in [1.29, 1.82) is 0 Å². The molecule has 0 aliphatic heterocycles. The van der Waals surface area contributed by atoms with Crippen LogP contribution in [0.2, 0.25) is 0 Å². The predicted octanol–water partition coefficient (Wildman–Crippen LogP) is 2.27. The van der Waals surface area contributed by atoms with Gasteiger partial charge in [0, 0.05) is 19.0 Å². The van der Waals surface area contributed by atoms with Crippen LogP contribution in [0.4, 0.5) is 4.79 Å². The number of nitrogens with zero attached hydrogens (tertiary/aromatic N) is 1. The molecule has 5 N–H and O–H groups in total. The Labute approximate surface area is 201 Å². The van der Waals surface area contributed by atoms with Gasteiger partial charge in [-0.1, -0.05) is 6.07 Å². The summed E-state index contributed by atoms with van der Waals surface area (Å²) in [5, 5.41) is 15.3. The minimum atomic E-state index is -1.14. The highest BCUT2D eigenvalue weighted by atomic mass is 16.6. The van der Waals surface area contributed by atoms with Crippen LogP contribution in [0.15, 0.2) is 18.2 Å². The second-order valence-corrected chi connectivity index (χ2v) is 9.44. The number of rotatable bonds is 10. The lowest BCUT2D eigenvalue weighted by Gasteiger charge is -2.34. The van der Waals surface area contributed by atoms with Crippen LogP contribution >= 0.6 is 0 Å². The van der Waals surface area contributed by atoms with Crippen LogP contribution < -0.4 is 16.4 Å². The number of amides is 4. The first-order chi connectivity index (χ1) is 15.7. The lowest BCUT2D eigenvalue weighted by Crippen LogP contribution is -2.53. The highest BCUT2D eigenvalue weighted by molar-refractivity contribution is 5.92. The van der Waals surface area contributed by atoms with Gasteiger partial charge in [0.15, 0.2) is 0 Å². The number of nitrogens with two attached hydrogens (primary N) is 1. The maximum Gasteiger partial charge on any atom is 0.408 e. The summed E-state index contributed by atoms with van der Waals surface area (Å²) >= 11 is 0. The molecule has 0 aliphatic carbocycles. The number of likely N-dealkylation sites (N-methyl/N-ethyl adjacent to an activating group) is 1. The number of aromatic hydroxyl groups is 1. The van der Waals surface area contributed by atoms with E-state index in [0.29, 0.717) is 11.1 Å². The minimum Gasteiger partial charge on any atom is -0.508 e. The van der Waals surface area contributed by atoms with E-state index in [2.05, 4.69) is 10.6 Å². The molecule has 10 nitrogen and oxygen atoms in total. The van der Waals surface area contributed by atoms with Gasteiger partial charge in [0.2, 0.25) is 17.7 Å². The molecule has 0 aromatic heterocycles. The van der Waals surface area contributed by atoms with Crippen LogP contribution in [-0.4, -0.2) is 58.1 Å². The Balaban J connectivity index is 3.40. The van der Waals surface area contributed by atoms with E-state index in [4.69, 9.17) is 10.5 Å². The molecule has 1 rings (SSSR count). The van der Waals surface area contributed by atoms with Crippen molar-refractivity contribution in [2.45, 2.75) is 85.0 Å². The van der Waals surface area contributed by atoms with Crippen molar-refractivity contribution >= 4 is 23.8 Å². The molecule has 0 spiro atoms. The van der Waals surface area contributed by atoms with E-state index in [1.165, 1.54) is 11.0 Å². The fourth-order valence-corrected chi connectivity index (χ4v) is 3.34. The van der Waals surface area contributed by atoms with Crippen molar-refractivity contribution in [3.63, 3.8) is 0 Å². The number of phenolic OH excluding ortho intramolecular Hbond substituents is 1. The summed E-state index contributed by atoms with van der Waals surface area (Å²) in [6, 6.07) is 2.30. The van der Waals surface area contributed by atoms with Gasteiger partial charge in [0.05, 0.1) is 0 Å². The standard InChI is InChI=1S/C24H38N4O6/c1-8-28(20(21(31)26-14(2)3)16-9-11-18(29)15(4)13-16)22(32)17(10-12-19(25)30)27-23(33)34-24(5,6)7/h9,11,13-14,17,20,29H,8,10,12H2,1-7H3,(H2,25,30)(H,26,31)(H,27,33). The maximum atomic E-state index is 13.6. The number of carbonyl (C=O) groups excluding carboxylic acids is 4. The molecule has 10 heteroatoms. The average Bonchev–Trinajstić information content (AvgIpc) is 2.68. The molecule has 4 amide bonds. The zero-order chi connectivity index (χ0) is 26.2. The maximum absolute atomic E-state index is 13.6. The number of alkyl carbamates (subject to hydrolysis) is 1. The van der Waals surface area contributed by atoms with E-state index >= 15 is 0 Å².